The van der Waals surface area contributed by atoms with Gasteiger partial charge < -0.3 is 15.4 Å². The number of carboxylic acids is 1. The molecule has 0 aliphatic carbocycles. The van der Waals surface area contributed by atoms with Gasteiger partial charge in [0.05, 0.1) is 11.4 Å². The number of hydrogen-bond donors (Lipinski definition) is 3. The van der Waals surface area contributed by atoms with Crippen molar-refractivity contribution in [3.8, 4) is 11.4 Å². The Morgan fingerprint density at radius 3 is 2.58 bits per heavy atom. The standard InChI is InChI=1S/C17H19N3O4/c1-17(2,9-8-14(21)22)20-16(24)11-6-7-13(19-15(11)23)12-5-3-4-10-18-12/h3-7,10H,8-9H2,1-2H3,(H,19,23)(H,20,24)(H,21,22). The lowest BCUT2D eigenvalue weighted by Crippen LogP contribution is -2.45. The number of aromatic amines is 1. The smallest absolute Gasteiger partial charge is 0.303 e. The van der Waals surface area contributed by atoms with Crippen LogP contribution >= 0.6 is 0 Å². The van der Waals surface area contributed by atoms with Gasteiger partial charge in [-0.15, -0.1) is 0 Å². The van der Waals surface area contributed by atoms with Crippen molar-refractivity contribution in [3.05, 3.63) is 52.4 Å². The van der Waals surface area contributed by atoms with E-state index in [1.807, 2.05) is 0 Å². The van der Waals surface area contributed by atoms with Crippen LogP contribution in [-0.2, 0) is 4.79 Å². The molecule has 3 N–H and O–H groups in total. The van der Waals surface area contributed by atoms with Crippen molar-refractivity contribution in [1.82, 2.24) is 15.3 Å². The van der Waals surface area contributed by atoms with Crippen molar-refractivity contribution < 1.29 is 14.7 Å². The number of carbonyl (C=O) groups is 2. The Balaban J connectivity index is 2.16. The topological polar surface area (TPSA) is 112 Å². The number of nitrogens with zero attached hydrogens (tertiary/aromatic N) is 1. The van der Waals surface area contributed by atoms with Crippen molar-refractivity contribution >= 4 is 11.9 Å². The third kappa shape index (κ3) is 4.52. The van der Waals surface area contributed by atoms with Crippen LogP contribution in [0.1, 0.15) is 37.0 Å². The van der Waals surface area contributed by atoms with E-state index >= 15 is 0 Å². The highest BCUT2D eigenvalue weighted by Gasteiger charge is 2.23. The first-order valence-corrected chi connectivity index (χ1v) is 7.47. The van der Waals surface area contributed by atoms with E-state index in [4.69, 9.17) is 5.11 Å². The molecule has 0 radical (unpaired) electrons. The molecular weight excluding hydrogens is 310 g/mol. The van der Waals surface area contributed by atoms with E-state index in [-0.39, 0.29) is 18.4 Å². The first-order valence-electron chi connectivity index (χ1n) is 7.47. The molecule has 0 fully saturated rings. The monoisotopic (exact) mass is 329 g/mol. The summed E-state index contributed by atoms with van der Waals surface area (Å²) in [4.78, 5) is 41.9. The molecule has 24 heavy (non-hydrogen) atoms. The maximum atomic E-state index is 12.3. The fraction of sp³-hybridized carbons (Fsp3) is 0.294. The maximum absolute atomic E-state index is 12.3. The van der Waals surface area contributed by atoms with Crippen LogP contribution < -0.4 is 10.9 Å². The molecule has 2 heterocycles. The number of carbonyl (C=O) groups excluding carboxylic acids is 1. The molecule has 0 aliphatic rings. The predicted octanol–water partition coefficient (Wildman–Crippen LogP) is 1.81. The summed E-state index contributed by atoms with van der Waals surface area (Å²) in [5.41, 5.74) is -0.171. The van der Waals surface area contributed by atoms with Crippen LogP contribution in [0, 0.1) is 0 Å². The zero-order valence-corrected chi connectivity index (χ0v) is 13.5. The molecule has 0 bridgehead atoms. The average Bonchev–Trinajstić information content (AvgIpc) is 2.53. The second kappa shape index (κ2) is 7.08. The fourth-order valence-corrected chi connectivity index (χ4v) is 2.18. The number of carboxylic acid groups (broad SMARTS) is 1. The van der Waals surface area contributed by atoms with Crippen LogP contribution in [-0.4, -0.2) is 32.5 Å². The molecule has 0 saturated heterocycles. The van der Waals surface area contributed by atoms with Crippen LogP contribution in [0.25, 0.3) is 11.4 Å². The predicted molar refractivity (Wildman–Crippen MR) is 88.7 cm³/mol. The summed E-state index contributed by atoms with van der Waals surface area (Å²) >= 11 is 0. The molecule has 2 rings (SSSR count). The van der Waals surface area contributed by atoms with E-state index in [1.165, 1.54) is 6.07 Å². The van der Waals surface area contributed by atoms with Gasteiger partial charge in [-0.25, -0.2) is 0 Å². The first kappa shape index (κ1) is 17.4. The van der Waals surface area contributed by atoms with Gasteiger partial charge in [0.1, 0.15) is 5.56 Å². The number of aromatic nitrogens is 2. The van der Waals surface area contributed by atoms with E-state index in [1.54, 1.807) is 44.3 Å². The summed E-state index contributed by atoms with van der Waals surface area (Å²) < 4.78 is 0. The number of hydrogen-bond acceptors (Lipinski definition) is 4. The minimum Gasteiger partial charge on any atom is -0.481 e. The third-order valence-corrected chi connectivity index (χ3v) is 3.51. The van der Waals surface area contributed by atoms with Gasteiger partial charge in [0.2, 0.25) is 0 Å². The Morgan fingerprint density at radius 1 is 1.25 bits per heavy atom. The van der Waals surface area contributed by atoms with E-state index in [9.17, 15) is 14.4 Å². The lowest BCUT2D eigenvalue weighted by Gasteiger charge is -2.25. The van der Waals surface area contributed by atoms with Gasteiger partial charge >= 0.3 is 5.97 Å². The summed E-state index contributed by atoms with van der Waals surface area (Å²) in [6, 6.07) is 8.36. The van der Waals surface area contributed by atoms with Gasteiger partial charge in [-0.05, 0) is 44.5 Å². The average molecular weight is 329 g/mol. The molecule has 0 aromatic carbocycles. The van der Waals surface area contributed by atoms with Gasteiger partial charge in [0, 0.05) is 18.2 Å². The van der Waals surface area contributed by atoms with Gasteiger partial charge in [-0.2, -0.15) is 0 Å². The highest BCUT2D eigenvalue weighted by Crippen LogP contribution is 2.14. The Hall–Kier alpha value is -2.96. The zero-order chi connectivity index (χ0) is 17.7. The maximum Gasteiger partial charge on any atom is 0.303 e. The second-order valence-electron chi connectivity index (χ2n) is 6.06. The normalized spacial score (nSPS) is 11.1. The van der Waals surface area contributed by atoms with Gasteiger partial charge in [0.25, 0.3) is 11.5 Å². The van der Waals surface area contributed by atoms with E-state index in [0.717, 1.165) is 0 Å². The summed E-state index contributed by atoms with van der Waals surface area (Å²) in [6.07, 6.45) is 1.81. The molecule has 126 valence electrons. The number of rotatable bonds is 6. The van der Waals surface area contributed by atoms with Crippen molar-refractivity contribution in [2.45, 2.75) is 32.2 Å². The summed E-state index contributed by atoms with van der Waals surface area (Å²) in [7, 11) is 0. The molecule has 0 spiro atoms. The molecule has 0 saturated carbocycles. The zero-order valence-electron chi connectivity index (χ0n) is 13.5. The Labute approximate surface area is 138 Å². The van der Waals surface area contributed by atoms with Gasteiger partial charge in [-0.3, -0.25) is 19.4 Å². The van der Waals surface area contributed by atoms with Crippen molar-refractivity contribution in [3.63, 3.8) is 0 Å². The lowest BCUT2D eigenvalue weighted by atomic mass is 9.98. The molecule has 1 amide bonds. The van der Waals surface area contributed by atoms with E-state index < -0.39 is 23.0 Å². The molecular formula is C17H19N3O4. The first-order chi connectivity index (χ1) is 11.3. The van der Waals surface area contributed by atoms with Crippen LogP contribution in [0.5, 0.6) is 0 Å². The van der Waals surface area contributed by atoms with E-state index in [0.29, 0.717) is 11.4 Å². The number of amides is 1. The molecule has 7 nitrogen and oxygen atoms in total. The van der Waals surface area contributed by atoms with Crippen molar-refractivity contribution in [2.75, 3.05) is 0 Å². The molecule has 0 unspecified atom stereocenters. The minimum atomic E-state index is -0.935. The molecule has 7 heteroatoms. The van der Waals surface area contributed by atoms with E-state index in [2.05, 4.69) is 15.3 Å². The highest BCUT2D eigenvalue weighted by atomic mass is 16.4. The Kier molecular flexibility index (Phi) is 5.13. The Bertz CT molecular complexity index is 797. The summed E-state index contributed by atoms with van der Waals surface area (Å²) in [5.74, 6) is -1.48. The largest absolute Gasteiger partial charge is 0.481 e. The van der Waals surface area contributed by atoms with Crippen LogP contribution in [0.2, 0.25) is 0 Å². The number of H-pyrrole nitrogens is 1. The van der Waals surface area contributed by atoms with Crippen LogP contribution in [0.3, 0.4) is 0 Å². The third-order valence-electron chi connectivity index (χ3n) is 3.51. The van der Waals surface area contributed by atoms with Gasteiger partial charge in [0.15, 0.2) is 0 Å². The minimum absolute atomic E-state index is 0.0296. The van der Waals surface area contributed by atoms with Crippen molar-refractivity contribution in [2.24, 2.45) is 0 Å². The van der Waals surface area contributed by atoms with Gasteiger partial charge in [-0.1, -0.05) is 6.07 Å². The van der Waals surface area contributed by atoms with Crippen molar-refractivity contribution in [1.29, 1.82) is 0 Å². The summed E-state index contributed by atoms with van der Waals surface area (Å²) in [5, 5.41) is 11.4. The molecule has 2 aromatic heterocycles. The molecule has 0 atom stereocenters. The summed E-state index contributed by atoms with van der Waals surface area (Å²) in [6.45, 7) is 3.43. The number of nitrogens with one attached hydrogen (secondary N) is 2. The second-order valence-corrected chi connectivity index (χ2v) is 6.06. The molecule has 0 aliphatic heterocycles. The van der Waals surface area contributed by atoms with Crippen LogP contribution in [0.15, 0.2) is 41.3 Å². The number of aliphatic carboxylic acids is 1. The number of pyridine rings is 2. The fourth-order valence-electron chi connectivity index (χ4n) is 2.18. The Morgan fingerprint density at radius 2 is 2.00 bits per heavy atom. The van der Waals surface area contributed by atoms with Crippen LogP contribution in [0.4, 0.5) is 0 Å². The molecule has 2 aromatic rings. The SMILES string of the molecule is CC(C)(CCC(=O)O)NC(=O)c1ccc(-c2ccccn2)[nH]c1=O. The lowest BCUT2D eigenvalue weighted by molar-refractivity contribution is -0.137. The highest BCUT2D eigenvalue weighted by molar-refractivity contribution is 5.94. The quantitative estimate of drug-likeness (QED) is 0.748.